The number of nitrogens with zero attached hydrogens (tertiary/aromatic N) is 1. The van der Waals surface area contributed by atoms with E-state index in [1.807, 2.05) is 25.2 Å². The Bertz CT molecular complexity index is 327. The van der Waals surface area contributed by atoms with Gasteiger partial charge in [-0.05, 0) is 12.6 Å². The second-order valence-electron chi connectivity index (χ2n) is 4.12. The van der Waals surface area contributed by atoms with Crippen molar-refractivity contribution in [1.82, 2.24) is 4.90 Å². The summed E-state index contributed by atoms with van der Waals surface area (Å²) in [7, 11) is 2.01. The lowest BCUT2D eigenvalue weighted by Gasteiger charge is -2.15. The highest BCUT2D eigenvalue weighted by Gasteiger charge is 1.99. The second kappa shape index (κ2) is 7.81. The summed E-state index contributed by atoms with van der Waals surface area (Å²) in [6, 6.07) is 10.1. The van der Waals surface area contributed by atoms with Crippen LogP contribution in [-0.4, -0.2) is 37.5 Å². The normalized spacial score (nSPS) is 10.7. The van der Waals surface area contributed by atoms with E-state index in [1.54, 1.807) is 0 Å². The minimum Gasteiger partial charge on any atom is -0.388 e. The Balaban J connectivity index is 2.06. The van der Waals surface area contributed by atoms with Crippen molar-refractivity contribution >= 4 is 5.84 Å². The molecule has 0 atom stereocenters. The Labute approximate surface area is 103 Å². The molecule has 0 spiro atoms. The van der Waals surface area contributed by atoms with Crippen molar-refractivity contribution in [2.45, 2.75) is 13.0 Å². The number of likely N-dealkylation sites (N-methyl/N-ethyl adjacent to an activating group) is 1. The number of rotatable bonds is 8. The van der Waals surface area contributed by atoms with Gasteiger partial charge in [0.2, 0.25) is 0 Å². The smallest absolute Gasteiger partial charge is 0.0918 e. The van der Waals surface area contributed by atoms with E-state index >= 15 is 0 Å². The first-order valence-corrected chi connectivity index (χ1v) is 5.81. The lowest BCUT2D eigenvalue weighted by molar-refractivity contribution is 0.100. The number of hydrogen-bond acceptors (Lipinski definition) is 3. The van der Waals surface area contributed by atoms with Gasteiger partial charge in [0.05, 0.1) is 19.0 Å². The molecule has 0 aliphatic heterocycles. The molecule has 3 N–H and O–H groups in total. The van der Waals surface area contributed by atoms with Gasteiger partial charge in [-0.3, -0.25) is 5.41 Å². The topological polar surface area (TPSA) is 62.3 Å². The zero-order valence-electron chi connectivity index (χ0n) is 10.4. The van der Waals surface area contributed by atoms with Crippen LogP contribution >= 0.6 is 0 Å². The van der Waals surface area contributed by atoms with Crippen molar-refractivity contribution in [1.29, 1.82) is 5.41 Å². The Kier molecular flexibility index (Phi) is 6.29. The van der Waals surface area contributed by atoms with Crippen molar-refractivity contribution < 1.29 is 4.74 Å². The lowest BCUT2D eigenvalue weighted by Crippen LogP contribution is -2.27. The summed E-state index contributed by atoms with van der Waals surface area (Å²) >= 11 is 0. The molecule has 0 aliphatic rings. The fourth-order valence-corrected chi connectivity index (χ4v) is 1.41. The number of ether oxygens (including phenoxy) is 1. The zero-order valence-corrected chi connectivity index (χ0v) is 10.4. The SMILES string of the molecule is CN(CCOCc1ccccc1)CCC(=N)N. The molecule has 0 saturated carbocycles. The number of hydrogen-bond donors (Lipinski definition) is 2. The molecule has 94 valence electrons. The van der Waals surface area contributed by atoms with Crippen LogP contribution in [0.3, 0.4) is 0 Å². The van der Waals surface area contributed by atoms with Gasteiger partial charge >= 0.3 is 0 Å². The first-order valence-electron chi connectivity index (χ1n) is 5.81. The van der Waals surface area contributed by atoms with Crippen LogP contribution < -0.4 is 5.73 Å². The lowest BCUT2D eigenvalue weighted by atomic mass is 10.2. The predicted molar refractivity (Wildman–Crippen MR) is 70.1 cm³/mol. The van der Waals surface area contributed by atoms with Gasteiger partial charge in [-0.25, -0.2) is 0 Å². The largest absolute Gasteiger partial charge is 0.388 e. The number of amidine groups is 1. The summed E-state index contributed by atoms with van der Waals surface area (Å²) in [5.74, 6) is 0.238. The van der Waals surface area contributed by atoms with E-state index in [9.17, 15) is 0 Å². The molecule has 4 heteroatoms. The Morgan fingerprint density at radius 1 is 1.29 bits per heavy atom. The van der Waals surface area contributed by atoms with Gasteiger partial charge in [0.15, 0.2) is 0 Å². The van der Waals surface area contributed by atoms with Crippen molar-refractivity contribution in [3.05, 3.63) is 35.9 Å². The van der Waals surface area contributed by atoms with E-state index in [0.29, 0.717) is 19.6 Å². The fraction of sp³-hybridized carbons (Fsp3) is 0.462. The molecule has 0 aromatic heterocycles. The van der Waals surface area contributed by atoms with E-state index < -0.39 is 0 Å². The van der Waals surface area contributed by atoms with Crippen LogP contribution in [0.25, 0.3) is 0 Å². The van der Waals surface area contributed by atoms with Crippen molar-refractivity contribution in [2.24, 2.45) is 5.73 Å². The highest BCUT2D eigenvalue weighted by atomic mass is 16.5. The predicted octanol–water partition coefficient (Wildman–Crippen LogP) is 1.46. The second-order valence-corrected chi connectivity index (χ2v) is 4.12. The summed E-state index contributed by atoms with van der Waals surface area (Å²) in [6.07, 6.45) is 0.620. The average molecular weight is 235 g/mol. The molecule has 4 nitrogen and oxygen atoms in total. The highest BCUT2D eigenvalue weighted by molar-refractivity contribution is 5.76. The van der Waals surface area contributed by atoms with Crippen LogP contribution in [0.1, 0.15) is 12.0 Å². The van der Waals surface area contributed by atoms with Crippen molar-refractivity contribution in [3.8, 4) is 0 Å². The maximum absolute atomic E-state index is 7.13. The first-order chi connectivity index (χ1) is 8.18. The molecule has 0 aliphatic carbocycles. The molecule has 0 unspecified atom stereocenters. The Morgan fingerprint density at radius 3 is 2.65 bits per heavy atom. The molecular formula is C13H21N3O. The minimum atomic E-state index is 0.238. The van der Waals surface area contributed by atoms with Gasteiger partial charge in [-0.15, -0.1) is 0 Å². The third-order valence-corrected chi connectivity index (χ3v) is 2.49. The summed E-state index contributed by atoms with van der Waals surface area (Å²) in [5.41, 5.74) is 6.49. The molecule has 1 rings (SSSR count). The molecule has 0 fully saturated rings. The summed E-state index contributed by atoms with van der Waals surface area (Å²) in [4.78, 5) is 2.12. The van der Waals surface area contributed by atoms with Gasteiger partial charge in [0.1, 0.15) is 0 Å². The number of benzene rings is 1. The zero-order chi connectivity index (χ0) is 12.5. The third-order valence-electron chi connectivity index (χ3n) is 2.49. The van der Waals surface area contributed by atoms with Gasteiger partial charge in [0.25, 0.3) is 0 Å². The maximum Gasteiger partial charge on any atom is 0.0918 e. The van der Waals surface area contributed by atoms with E-state index in [1.165, 1.54) is 5.56 Å². The van der Waals surface area contributed by atoms with Crippen molar-refractivity contribution in [2.75, 3.05) is 26.7 Å². The van der Waals surface area contributed by atoms with E-state index in [0.717, 1.165) is 13.1 Å². The van der Waals surface area contributed by atoms with Crippen LogP contribution in [0.15, 0.2) is 30.3 Å². The van der Waals surface area contributed by atoms with Gasteiger partial charge in [-0.2, -0.15) is 0 Å². The summed E-state index contributed by atoms with van der Waals surface area (Å²) in [5, 5.41) is 7.13. The molecule has 0 bridgehead atoms. The van der Waals surface area contributed by atoms with Gasteiger partial charge < -0.3 is 15.4 Å². The standard InChI is InChI=1S/C13H21N3O/c1-16(8-7-13(14)15)9-10-17-11-12-5-3-2-4-6-12/h2-6H,7-11H2,1H3,(H3,14,15). The van der Waals surface area contributed by atoms with Crippen LogP contribution in [-0.2, 0) is 11.3 Å². The average Bonchev–Trinajstić information content (AvgIpc) is 2.33. The van der Waals surface area contributed by atoms with Crippen LogP contribution in [0, 0.1) is 5.41 Å². The molecule has 17 heavy (non-hydrogen) atoms. The van der Waals surface area contributed by atoms with Gasteiger partial charge in [0, 0.05) is 19.5 Å². The quantitative estimate of drug-likeness (QED) is 0.407. The molecule has 0 radical (unpaired) electrons. The molecule has 1 aromatic carbocycles. The first kappa shape index (κ1) is 13.7. The fourth-order valence-electron chi connectivity index (χ4n) is 1.41. The van der Waals surface area contributed by atoms with Crippen LogP contribution in [0.4, 0.5) is 0 Å². The number of nitrogens with one attached hydrogen (secondary N) is 1. The number of nitrogens with two attached hydrogens (primary N) is 1. The van der Waals surface area contributed by atoms with Crippen LogP contribution in [0.5, 0.6) is 0 Å². The minimum absolute atomic E-state index is 0.238. The third kappa shape index (κ3) is 6.71. The maximum atomic E-state index is 7.13. The molecular weight excluding hydrogens is 214 g/mol. The molecule has 0 saturated heterocycles. The van der Waals surface area contributed by atoms with Crippen LogP contribution in [0.2, 0.25) is 0 Å². The molecule has 1 aromatic rings. The Morgan fingerprint density at radius 2 is 2.00 bits per heavy atom. The Hall–Kier alpha value is -1.39. The van der Waals surface area contributed by atoms with E-state index in [2.05, 4.69) is 17.0 Å². The molecule has 0 heterocycles. The van der Waals surface area contributed by atoms with E-state index in [4.69, 9.17) is 15.9 Å². The van der Waals surface area contributed by atoms with Crippen molar-refractivity contribution in [3.63, 3.8) is 0 Å². The van der Waals surface area contributed by atoms with E-state index in [-0.39, 0.29) is 5.84 Å². The highest BCUT2D eigenvalue weighted by Crippen LogP contribution is 2.00. The summed E-state index contributed by atoms with van der Waals surface area (Å²) < 4.78 is 5.57. The monoisotopic (exact) mass is 235 g/mol. The molecule has 0 amide bonds. The van der Waals surface area contributed by atoms with Gasteiger partial charge in [-0.1, -0.05) is 30.3 Å². The summed E-state index contributed by atoms with van der Waals surface area (Å²) in [6.45, 7) is 3.02.